The average Bonchev–Trinajstić information content (AvgIpc) is 3.08. The lowest BCUT2D eigenvalue weighted by atomic mass is 10.0. The molecule has 1 heterocycles. The zero-order valence-corrected chi connectivity index (χ0v) is 14.2. The van der Waals surface area contributed by atoms with Crippen molar-refractivity contribution in [3.8, 4) is 0 Å². The van der Waals surface area contributed by atoms with Crippen LogP contribution in [0.15, 0.2) is 41.8 Å². The lowest BCUT2D eigenvalue weighted by molar-refractivity contribution is -0.137. The summed E-state index contributed by atoms with van der Waals surface area (Å²) in [6.07, 6.45) is -4.38. The Morgan fingerprint density at radius 2 is 1.96 bits per heavy atom. The molecule has 1 aromatic carbocycles. The van der Waals surface area contributed by atoms with Gasteiger partial charge in [-0.2, -0.15) is 13.2 Å². The second kappa shape index (κ2) is 8.15. The maximum absolute atomic E-state index is 12.7. The summed E-state index contributed by atoms with van der Waals surface area (Å²) < 4.78 is 38.2. The Balaban J connectivity index is 1.83. The third kappa shape index (κ3) is 5.60. The summed E-state index contributed by atoms with van der Waals surface area (Å²) in [5.74, 6) is -0.606. The normalized spacial score (nSPS) is 12.5. The molecule has 2 amide bonds. The molecule has 0 saturated heterocycles. The van der Waals surface area contributed by atoms with E-state index in [4.69, 9.17) is 0 Å². The highest BCUT2D eigenvalue weighted by Gasteiger charge is 2.30. The van der Waals surface area contributed by atoms with E-state index in [2.05, 4.69) is 10.6 Å². The first-order chi connectivity index (χ1) is 11.8. The van der Waals surface area contributed by atoms with Crippen LogP contribution in [0.4, 0.5) is 13.2 Å². The van der Waals surface area contributed by atoms with Gasteiger partial charge in [-0.05, 0) is 36.1 Å². The summed E-state index contributed by atoms with van der Waals surface area (Å²) in [4.78, 5) is 24.2. The molecule has 2 aromatic rings. The molecule has 8 heteroatoms. The van der Waals surface area contributed by atoms with Gasteiger partial charge in [0.15, 0.2) is 0 Å². The lowest BCUT2D eigenvalue weighted by Gasteiger charge is -2.16. The Labute approximate surface area is 147 Å². The molecule has 1 atom stereocenters. The van der Waals surface area contributed by atoms with E-state index in [1.54, 1.807) is 24.4 Å². The average molecular weight is 370 g/mol. The van der Waals surface area contributed by atoms with Crippen molar-refractivity contribution in [2.45, 2.75) is 25.6 Å². The highest BCUT2D eigenvalue weighted by molar-refractivity contribution is 7.12. The fourth-order valence-electron chi connectivity index (χ4n) is 2.17. The largest absolute Gasteiger partial charge is 0.416 e. The molecule has 1 unspecified atom stereocenters. The van der Waals surface area contributed by atoms with Crippen LogP contribution in [0.2, 0.25) is 0 Å². The molecule has 0 spiro atoms. The minimum absolute atomic E-state index is 0.0421. The van der Waals surface area contributed by atoms with Gasteiger partial charge in [0.25, 0.3) is 5.91 Å². The van der Waals surface area contributed by atoms with E-state index in [-0.39, 0.29) is 24.8 Å². The number of amides is 2. The molecule has 0 aliphatic carbocycles. The summed E-state index contributed by atoms with van der Waals surface area (Å²) in [5, 5.41) is 7.02. The molecule has 25 heavy (non-hydrogen) atoms. The van der Waals surface area contributed by atoms with Crippen LogP contribution in [0.25, 0.3) is 0 Å². The quantitative estimate of drug-likeness (QED) is 0.813. The van der Waals surface area contributed by atoms with Gasteiger partial charge in [0, 0.05) is 13.0 Å². The Kier molecular flexibility index (Phi) is 6.19. The molecule has 1 aromatic heterocycles. The Morgan fingerprint density at radius 1 is 1.20 bits per heavy atom. The fourth-order valence-corrected chi connectivity index (χ4v) is 2.81. The SMILES string of the molecule is CC(NC(=O)CCNC(=O)c1cccs1)c1cccc(C(F)(F)F)c1. The highest BCUT2D eigenvalue weighted by Crippen LogP contribution is 2.30. The van der Waals surface area contributed by atoms with Gasteiger partial charge >= 0.3 is 6.18 Å². The monoisotopic (exact) mass is 370 g/mol. The highest BCUT2D eigenvalue weighted by atomic mass is 32.1. The molecule has 134 valence electrons. The van der Waals surface area contributed by atoms with E-state index in [1.165, 1.54) is 23.5 Å². The molecule has 2 N–H and O–H groups in total. The van der Waals surface area contributed by atoms with Gasteiger partial charge in [-0.15, -0.1) is 11.3 Å². The van der Waals surface area contributed by atoms with Gasteiger partial charge in [0.1, 0.15) is 0 Å². The Hall–Kier alpha value is -2.35. The first-order valence-electron chi connectivity index (χ1n) is 7.55. The van der Waals surface area contributed by atoms with Crippen molar-refractivity contribution in [3.63, 3.8) is 0 Å². The minimum Gasteiger partial charge on any atom is -0.351 e. The second-order valence-corrected chi connectivity index (χ2v) is 6.34. The van der Waals surface area contributed by atoms with E-state index in [0.29, 0.717) is 10.4 Å². The van der Waals surface area contributed by atoms with Crippen LogP contribution in [0, 0.1) is 0 Å². The predicted molar refractivity (Wildman–Crippen MR) is 89.3 cm³/mol. The summed E-state index contributed by atoms with van der Waals surface area (Å²) in [7, 11) is 0. The zero-order valence-electron chi connectivity index (χ0n) is 13.4. The topological polar surface area (TPSA) is 58.2 Å². The van der Waals surface area contributed by atoms with Gasteiger partial charge in [-0.1, -0.05) is 18.2 Å². The molecule has 0 aliphatic rings. The minimum atomic E-state index is -4.42. The second-order valence-electron chi connectivity index (χ2n) is 5.40. The van der Waals surface area contributed by atoms with Gasteiger partial charge in [-0.25, -0.2) is 0 Å². The van der Waals surface area contributed by atoms with E-state index in [1.807, 2.05) is 0 Å². The number of benzene rings is 1. The molecular formula is C17H17F3N2O2S. The van der Waals surface area contributed by atoms with Crippen molar-refractivity contribution < 1.29 is 22.8 Å². The number of alkyl halides is 3. The molecule has 0 fully saturated rings. The summed E-state index contributed by atoms with van der Waals surface area (Å²) in [5.41, 5.74) is -0.389. The predicted octanol–water partition coefficient (Wildman–Crippen LogP) is 3.76. The number of hydrogen-bond acceptors (Lipinski definition) is 3. The van der Waals surface area contributed by atoms with Gasteiger partial charge in [-0.3, -0.25) is 9.59 Å². The maximum Gasteiger partial charge on any atom is 0.416 e. The first-order valence-corrected chi connectivity index (χ1v) is 8.43. The van der Waals surface area contributed by atoms with Crippen molar-refractivity contribution in [2.24, 2.45) is 0 Å². The maximum atomic E-state index is 12.7. The number of thiophene rings is 1. The van der Waals surface area contributed by atoms with E-state index < -0.39 is 17.8 Å². The Morgan fingerprint density at radius 3 is 2.60 bits per heavy atom. The van der Waals surface area contributed by atoms with E-state index >= 15 is 0 Å². The third-order valence-electron chi connectivity index (χ3n) is 3.47. The number of rotatable bonds is 6. The third-order valence-corrected chi connectivity index (χ3v) is 4.34. The van der Waals surface area contributed by atoms with Crippen molar-refractivity contribution in [1.82, 2.24) is 10.6 Å². The van der Waals surface area contributed by atoms with Gasteiger partial charge in [0.05, 0.1) is 16.5 Å². The van der Waals surface area contributed by atoms with E-state index in [0.717, 1.165) is 12.1 Å². The van der Waals surface area contributed by atoms with Crippen LogP contribution in [0.5, 0.6) is 0 Å². The number of nitrogens with one attached hydrogen (secondary N) is 2. The Bertz CT molecular complexity index is 730. The smallest absolute Gasteiger partial charge is 0.351 e. The van der Waals surface area contributed by atoms with Crippen LogP contribution in [-0.2, 0) is 11.0 Å². The lowest BCUT2D eigenvalue weighted by Crippen LogP contribution is -2.31. The molecule has 0 radical (unpaired) electrons. The number of carbonyl (C=O) groups excluding carboxylic acids is 2. The molecule has 4 nitrogen and oxygen atoms in total. The van der Waals surface area contributed by atoms with Crippen LogP contribution >= 0.6 is 11.3 Å². The fraction of sp³-hybridized carbons (Fsp3) is 0.294. The standard InChI is InChI=1S/C17H17F3N2O2S/c1-11(12-4-2-5-13(10-12)17(18,19)20)22-15(23)7-8-21-16(24)14-6-3-9-25-14/h2-6,9-11H,7-8H2,1H3,(H,21,24)(H,22,23). The molecule has 0 aliphatic heterocycles. The van der Waals surface area contributed by atoms with E-state index in [9.17, 15) is 22.8 Å². The van der Waals surface area contributed by atoms with Crippen LogP contribution < -0.4 is 10.6 Å². The van der Waals surface area contributed by atoms with Crippen LogP contribution in [0.1, 0.15) is 40.2 Å². The first kappa shape index (κ1) is 19.0. The van der Waals surface area contributed by atoms with Gasteiger partial charge < -0.3 is 10.6 Å². The van der Waals surface area contributed by atoms with Crippen LogP contribution in [-0.4, -0.2) is 18.4 Å². The number of carbonyl (C=O) groups is 2. The van der Waals surface area contributed by atoms with Crippen LogP contribution in [0.3, 0.4) is 0 Å². The summed E-state index contributed by atoms with van der Waals surface area (Å²) in [6.45, 7) is 1.76. The molecule has 0 bridgehead atoms. The molecular weight excluding hydrogens is 353 g/mol. The summed E-state index contributed by atoms with van der Waals surface area (Å²) in [6, 6.07) is 7.70. The number of hydrogen-bond donors (Lipinski definition) is 2. The molecule has 0 saturated carbocycles. The summed E-state index contributed by atoms with van der Waals surface area (Å²) >= 11 is 1.30. The van der Waals surface area contributed by atoms with Gasteiger partial charge in [0.2, 0.25) is 5.91 Å². The zero-order chi connectivity index (χ0) is 18.4. The molecule has 2 rings (SSSR count). The van der Waals surface area contributed by atoms with Crippen molar-refractivity contribution in [2.75, 3.05) is 6.54 Å². The van der Waals surface area contributed by atoms with Crippen molar-refractivity contribution in [3.05, 3.63) is 57.8 Å². The number of halogens is 3. The van der Waals surface area contributed by atoms with Crippen molar-refractivity contribution >= 4 is 23.2 Å². The van der Waals surface area contributed by atoms with Crippen molar-refractivity contribution in [1.29, 1.82) is 0 Å².